The zero-order chi connectivity index (χ0) is 16.4. The van der Waals surface area contributed by atoms with E-state index < -0.39 is 17.8 Å². The van der Waals surface area contributed by atoms with E-state index in [9.17, 15) is 9.59 Å². The monoisotopic (exact) mass is 345 g/mol. The molecule has 0 aliphatic rings. The van der Waals surface area contributed by atoms with E-state index in [0.717, 1.165) is 5.03 Å². The Morgan fingerprint density at radius 1 is 1.23 bits per heavy atom. The molecule has 0 saturated carbocycles. The Labute approximate surface area is 137 Å². The number of hydrogen-bond donors (Lipinski definition) is 2. The van der Waals surface area contributed by atoms with Gasteiger partial charge in [0.15, 0.2) is 0 Å². The van der Waals surface area contributed by atoms with Crippen LogP contribution in [0.3, 0.4) is 0 Å². The molecule has 7 nitrogen and oxygen atoms in total. The van der Waals surface area contributed by atoms with Crippen LogP contribution in [-0.4, -0.2) is 35.1 Å². The first-order valence-corrected chi connectivity index (χ1v) is 8.81. The van der Waals surface area contributed by atoms with Gasteiger partial charge in [-0.2, -0.15) is 0 Å². The van der Waals surface area contributed by atoms with Crippen LogP contribution in [-0.2, 0) is 9.47 Å². The second-order valence-corrected chi connectivity index (χ2v) is 7.40. The Bertz CT molecular complexity index is 480. The smallest absolute Gasteiger partial charge is 0.426 e. The fourth-order valence-corrected chi connectivity index (χ4v) is 2.81. The quantitative estimate of drug-likeness (QED) is 0.482. The summed E-state index contributed by atoms with van der Waals surface area (Å²) in [5.74, 6) is 0.598. The van der Waals surface area contributed by atoms with Crippen LogP contribution in [0.25, 0.3) is 0 Å². The number of aromatic nitrogens is 1. The summed E-state index contributed by atoms with van der Waals surface area (Å²) >= 11 is 0. The summed E-state index contributed by atoms with van der Waals surface area (Å²) in [6, 6.07) is 5.65. The van der Waals surface area contributed by atoms with Gasteiger partial charge in [-0.1, -0.05) is 16.9 Å². The molecule has 0 fully saturated rings. The minimum atomic E-state index is -0.746. The van der Waals surface area contributed by atoms with E-state index in [2.05, 4.69) is 15.8 Å². The molecule has 0 spiro atoms. The number of rotatable bonds is 5. The SMILES string of the molecule is CC(C)(C)OC(=O)NNC(=O)OCCSSc1ccccn1. The van der Waals surface area contributed by atoms with Gasteiger partial charge in [0.2, 0.25) is 0 Å². The topological polar surface area (TPSA) is 89.6 Å². The van der Waals surface area contributed by atoms with E-state index in [1.165, 1.54) is 21.6 Å². The molecule has 1 heterocycles. The molecule has 0 saturated heterocycles. The summed E-state index contributed by atoms with van der Waals surface area (Å²) in [5, 5.41) is 0.892. The van der Waals surface area contributed by atoms with Crippen LogP contribution in [0, 0.1) is 0 Å². The lowest BCUT2D eigenvalue weighted by Gasteiger charge is -2.19. The Hall–Kier alpha value is -1.61. The average Bonchev–Trinajstić information content (AvgIpc) is 2.44. The molecule has 0 bridgehead atoms. The highest BCUT2D eigenvalue weighted by molar-refractivity contribution is 8.76. The van der Waals surface area contributed by atoms with Crippen molar-refractivity contribution in [3.63, 3.8) is 0 Å². The van der Waals surface area contributed by atoms with Crippen LogP contribution < -0.4 is 10.9 Å². The fourth-order valence-electron chi connectivity index (χ4n) is 1.11. The maximum atomic E-state index is 11.3. The molecule has 1 aromatic heterocycles. The lowest BCUT2D eigenvalue weighted by atomic mass is 10.2. The first-order chi connectivity index (χ1) is 10.4. The Kier molecular flexibility index (Phi) is 7.89. The van der Waals surface area contributed by atoms with Crippen molar-refractivity contribution < 1.29 is 19.1 Å². The second kappa shape index (κ2) is 9.42. The Morgan fingerprint density at radius 3 is 2.59 bits per heavy atom. The average molecular weight is 345 g/mol. The van der Waals surface area contributed by atoms with Crippen molar-refractivity contribution in [2.45, 2.75) is 31.4 Å². The van der Waals surface area contributed by atoms with Crippen LogP contribution in [0.5, 0.6) is 0 Å². The van der Waals surface area contributed by atoms with E-state index in [0.29, 0.717) is 5.75 Å². The normalized spacial score (nSPS) is 10.7. The van der Waals surface area contributed by atoms with E-state index in [1.807, 2.05) is 18.2 Å². The summed E-state index contributed by atoms with van der Waals surface area (Å²) in [6.07, 6.45) is 0.230. The highest BCUT2D eigenvalue weighted by Gasteiger charge is 2.16. The van der Waals surface area contributed by atoms with Crippen molar-refractivity contribution >= 4 is 33.8 Å². The molecule has 1 aromatic rings. The number of hydrogen-bond acceptors (Lipinski definition) is 7. The van der Waals surface area contributed by atoms with Gasteiger partial charge in [0.1, 0.15) is 17.2 Å². The van der Waals surface area contributed by atoms with Crippen molar-refractivity contribution in [2.24, 2.45) is 0 Å². The van der Waals surface area contributed by atoms with Crippen molar-refractivity contribution in [3.8, 4) is 0 Å². The van der Waals surface area contributed by atoms with Gasteiger partial charge in [0.05, 0.1) is 0 Å². The highest BCUT2D eigenvalue weighted by Crippen LogP contribution is 2.28. The molecule has 0 aliphatic heterocycles. The van der Waals surface area contributed by atoms with Gasteiger partial charge in [0, 0.05) is 11.9 Å². The third kappa shape index (κ3) is 9.35. The van der Waals surface area contributed by atoms with Crippen LogP contribution in [0.2, 0.25) is 0 Å². The molecular weight excluding hydrogens is 326 g/mol. The fraction of sp³-hybridized carbons (Fsp3) is 0.462. The zero-order valence-electron chi connectivity index (χ0n) is 12.6. The van der Waals surface area contributed by atoms with Crippen LogP contribution in [0.15, 0.2) is 29.4 Å². The lowest BCUT2D eigenvalue weighted by Crippen LogP contribution is -2.44. The maximum Gasteiger partial charge on any atom is 0.426 e. The van der Waals surface area contributed by atoms with Gasteiger partial charge in [-0.15, -0.1) is 0 Å². The predicted molar refractivity (Wildman–Crippen MR) is 86.4 cm³/mol. The summed E-state index contributed by atoms with van der Waals surface area (Å²) in [4.78, 5) is 26.7. The third-order valence-electron chi connectivity index (χ3n) is 1.85. The molecule has 2 N–H and O–H groups in total. The van der Waals surface area contributed by atoms with E-state index in [1.54, 1.807) is 27.0 Å². The lowest BCUT2D eigenvalue weighted by molar-refractivity contribution is 0.0488. The molecule has 1 rings (SSSR count). The number of nitrogens with one attached hydrogen (secondary N) is 2. The molecule has 0 aliphatic carbocycles. The van der Waals surface area contributed by atoms with Crippen LogP contribution >= 0.6 is 21.6 Å². The Morgan fingerprint density at radius 2 is 1.95 bits per heavy atom. The number of amides is 2. The van der Waals surface area contributed by atoms with Gasteiger partial charge in [0.25, 0.3) is 0 Å². The molecular formula is C13H19N3O4S2. The van der Waals surface area contributed by atoms with Gasteiger partial charge in [-0.25, -0.2) is 25.4 Å². The molecule has 9 heteroatoms. The van der Waals surface area contributed by atoms with Gasteiger partial charge in [-0.05, 0) is 43.7 Å². The highest BCUT2D eigenvalue weighted by atomic mass is 33.1. The first kappa shape index (κ1) is 18.4. The standard InChI is InChI=1S/C13H19N3O4S2/c1-13(2,3)20-12(18)16-15-11(17)19-8-9-21-22-10-6-4-5-7-14-10/h4-7H,8-9H2,1-3H3,(H,15,17)(H,16,18). The summed E-state index contributed by atoms with van der Waals surface area (Å²) in [5.41, 5.74) is 3.57. The predicted octanol–water partition coefficient (Wildman–Crippen LogP) is 2.99. The maximum absolute atomic E-state index is 11.3. The van der Waals surface area contributed by atoms with Crippen LogP contribution in [0.1, 0.15) is 20.8 Å². The third-order valence-corrected chi connectivity index (χ3v) is 4.08. The molecule has 0 radical (unpaired) electrons. The van der Waals surface area contributed by atoms with E-state index >= 15 is 0 Å². The zero-order valence-corrected chi connectivity index (χ0v) is 14.3. The molecule has 0 atom stereocenters. The number of hydrazine groups is 1. The van der Waals surface area contributed by atoms with Crippen molar-refractivity contribution in [3.05, 3.63) is 24.4 Å². The van der Waals surface area contributed by atoms with Gasteiger partial charge >= 0.3 is 12.2 Å². The molecule has 122 valence electrons. The summed E-state index contributed by atoms with van der Waals surface area (Å²) in [6.45, 7) is 5.39. The second-order valence-electron chi connectivity index (χ2n) is 4.96. The van der Waals surface area contributed by atoms with Gasteiger partial charge in [-0.3, -0.25) is 0 Å². The minimum absolute atomic E-state index is 0.215. The molecule has 0 unspecified atom stereocenters. The minimum Gasteiger partial charge on any atom is -0.447 e. The first-order valence-electron chi connectivity index (χ1n) is 6.49. The van der Waals surface area contributed by atoms with Crippen molar-refractivity contribution in [1.82, 2.24) is 15.8 Å². The van der Waals surface area contributed by atoms with Gasteiger partial charge < -0.3 is 9.47 Å². The number of pyridine rings is 1. The number of ether oxygens (including phenoxy) is 2. The molecule has 2 amide bonds. The summed E-state index contributed by atoms with van der Waals surface area (Å²) in [7, 11) is 3.02. The molecule has 22 heavy (non-hydrogen) atoms. The van der Waals surface area contributed by atoms with Crippen LogP contribution in [0.4, 0.5) is 9.59 Å². The Balaban J connectivity index is 2.05. The molecule has 0 aromatic carbocycles. The number of carbonyl (C=O) groups is 2. The van der Waals surface area contributed by atoms with Crippen molar-refractivity contribution in [2.75, 3.05) is 12.4 Å². The summed E-state index contributed by atoms with van der Waals surface area (Å²) < 4.78 is 9.83. The largest absolute Gasteiger partial charge is 0.447 e. The van der Waals surface area contributed by atoms with E-state index in [-0.39, 0.29) is 6.61 Å². The number of nitrogens with zero attached hydrogens (tertiary/aromatic N) is 1. The number of carbonyl (C=O) groups excluding carboxylic acids is 2. The van der Waals surface area contributed by atoms with Crippen molar-refractivity contribution in [1.29, 1.82) is 0 Å². The van der Waals surface area contributed by atoms with E-state index in [4.69, 9.17) is 9.47 Å².